The van der Waals surface area contributed by atoms with E-state index in [9.17, 15) is 14.0 Å². The highest BCUT2D eigenvalue weighted by molar-refractivity contribution is 9.10. The summed E-state index contributed by atoms with van der Waals surface area (Å²) in [5, 5.41) is 2.97. The van der Waals surface area contributed by atoms with Gasteiger partial charge in [0.15, 0.2) is 0 Å². The van der Waals surface area contributed by atoms with Gasteiger partial charge in [-0.1, -0.05) is 12.1 Å². The second-order valence-electron chi connectivity index (χ2n) is 9.01. The molecule has 6 nitrogen and oxygen atoms in total. The van der Waals surface area contributed by atoms with Gasteiger partial charge in [-0.05, 0) is 89.5 Å². The number of rotatable bonds is 7. The number of ether oxygens (including phenoxy) is 1. The van der Waals surface area contributed by atoms with Crippen LogP contribution in [0.1, 0.15) is 52.4 Å². The van der Waals surface area contributed by atoms with Crippen LogP contribution in [0.25, 0.3) is 0 Å². The number of nitrogens with one attached hydrogen (secondary N) is 1. The Morgan fingerprint density at radius 2 is 1.86 bits per heavy atom. The van der Waals surface area contributed by atoms with Gasteiger partial charge in [0.2, 0.25) is 5.91 Å². The molecule has 1 fully saturated rings. The summed E-state index contributed by atoms with van der Waals surface area (Å²) in [4.78, 5) is 31.4. The van der Waals surface area contributed by atoms with Crippen molar-refractivity contribution in [3.05, 3.63) is 87.4 Å². The van der Waals surface area contributed by atoms with Crippen LogP contribution in [0, 0.1) is 12.7 Å². The number of aryl methyl sites for hydroxylation is 2. The topological polar surface area (TPSA) is 71.5 Å². The van der Waals surface area contributed by atoms with Crippen molar-refractivity contribution < 1.29 is 18.7 Å². The monoisotopic (exact) mass is 553 g/mol. The van der Waals surface area contributed by atoms with E-state index in [4.69, 9.17) is 4.74 Å². The summed E-state index contributed by atoms with van der Waals surface area (Å²) in [6.07, 6.45) is 4.50. The molecule has 8 heteroatoms. The third-order valence-corrected chi connectivity index (χ3v) is 7.13. The molecule has 0 spiro atoms. The lowest BCUT2D eigenvalue weighted by Crippen LogP contribution is -2.38. The number of piperidine rings is 1. The van der Waals surface area contributed by atoms with Gasteiger partial charge in [0, 0.05) is 43.2 Å². The fourth-order valence-corrected chi connectivity index (χ4v) is 4.87. The van der Waals surface area contributed by atoms with Crippen molar-refractivity contribution in [3.8, 4) is 5.75 Å². The van der Waals surface area contributed by atoms with Crippen LogP contribution in [0.15, 0.2) is 59.2 Å². The van der Waals surface area contributed by atoms with Crippen LogP contribution >= 0.6 is 15.9 Å². The molecule has 1 N–H and O–H groups in total. The summed E-state index contributed by atoms with van der Waals surface area (Å²) < 4.78 is 19.3. The first-order valence-electron chi connectivity index (χ1n) is 12.0. The number of hydrogen-bond acceptors (Lipinski definition) is 4. The van der Waals surface area contributed by atoms with E-state index in [-0.39, 0.29) is 22.0 Å². The molecule has 2 heterocycles. The van der Waals surface area contributed by atoms with Crippen molar-refractivity contribution in [2.75, 3.05) is 25.5 Å². The molecule has 0 aliphatic carbocycles. The second-order valence-corrected chi connectivity index (χ2v) is 9.86. The maximum atomic E-state index is 13.8. The van der Waals surface area contributed by atoms with Crippen LogP contribution in [-0.4, -0.2) is 41.9 Å². The Kier molecular flexibility index (Phi) is 8.36. The number of hydrogen-bond donors (Lipinski definition) is 1. The van der Waals surface area contributed by atoms with E-state index < -0.39 is 5.82 Å². The molecule has 188 valence electrons. The molecule has 2 aromatic carbocycles. The van der Waals surface area contributed by atoms with Crippen molar-refractivity contribution in [1.29, 1.82) is 0 Å². The van der Waals surface area contributed by atoms with Crippen LogP contribution in [0.4, 0.5) is 10.1 Å². The minimum atomic E-state index is -0.467. The van der Waals surface area contributed by atoms with E-state index in [1.165, 1.54) is 24.8 Å². The minimum absolute atomic E-state index is 0.0214. The lowest BCUT2D eigenvalue weighted by Gasteiger charge is -2.32. The van der Waals surface area contributed by atoms with Gasteiger partial charge in [-0.15, -0.1) is 0 Å². The minimum Gasteiger partial charge on any atom is -0.496 e. The number of carbonyl (C=O) groups excluding carboxylic acids is 2. The number of nitrogens with zero attached hydrogens (tertiary/aromatic N) is 2. The van der Waals surface area contributed by atoms with E-state index in [1.54, 1.807) is 11.1 Å². The molecule has 0 saturated carbocycles. The summed E-state index contributed by atoms with van der Waals surface area (Å²) in [5.41, 5.74) is 4.36. The quantitative estimate of drug-likeness (QED) is 0.396. The van der Waals surface area contributed by atoms with Crippen LogP contribution < -0.4 is 10.1 Å². The molecular weight excluding hydrogens is 525 g/mol. The van der Waals surface area contributed by atoms with Crippen molar-refractivity contribution in [1.82, 2.24) is 9.88 Å². The number of aromatic nitrogens is 1. The summed E-state index contributed by atoms with van der Waals surface area (Å²) in [6, 6.07) is 14.6. The van der Waals surface area contributed by atoms with Crippen LogP contribution in [0.5, 0.6) is 5.75 Å². The maximum absolute atomic E-state index is 13.8. The maximum Gasteiger partial charge on any atom is 0.257 e. The van der Waals surface area contributed by atoms with E-state index >= 15 is 0 Å². The van der Waals surface area contributed by atoms with Crippen molar-refractivity contribution in [2.24, 2.45) is 0 Å². The molecule has 2 amide bonds. The molecule has 0 radical (unpaired) electrons. The number of amides is 2. The zero-order valence-electron chi connectivity index (χ0n) is 20.4. The number of likely N-dealkylation sites (tertiary alicyclic amines) is 1. The fourth-order valence-electron chi connectivity index (χ4n) is 4.53. The molecule has 4 rings (SSSR count). The van der Waals surface area contributed by atoms with Gasteiger partial charge in [-0.2, -0.15) is 0 Å². The molecule has 3 aromatic rings. The van der Waals surface area contributed by atoms with Gasteiger partial charge in [-0.25, -0.2) is 4.39 Å². The van der Waals surface area contributed by atoms with Gasteiger partial charge in [-0.3, -0.25) is 14.6 Å². The van der Waals surface area contributed by atoms with Crippen molar-refractivity contribution in [2.45, 2.75) is 38.5 Å². The normalized spacial score (nSPS) is 13.9. The summed E-state index contributed by atoms with van der Waals surface area (Å²) >= 11 is 3.15. The number of benzene rings is 2. The number of carbonyl (C=O) groups is 2. The first-order chi connectivity index (χ1) is 17.3. The number of halogens is 2. The average molecular weight is 554 g/mol. The van der Waals surface area contributed by atoms with Crippen molar-refractivity contribution in [3.63, 3.8) is 0 Å². The van der Waals surface area contributed by atoms with Gasteiger partial charge < -0.3 is 15.0 Å². The molecule has 1 saturated heterocycles. The number of methoxy groups -OCH3 is 1. The standard InChI is InChI=1S/C28H29BrFN3O3/c1-18-15-19(9-12-31-18)3-8-27(34)32-22-6-4-20(5-7-22)21-10-13-33(14-11-21)28(35)23-16-24(29)25(30)17-26(23)36-2/h4-7,9,12,15-17,21H,3,8,10-11,13-14H2,1-2H3,(H,32,34). The third kappa shape index (κ3) is 6.29. The van der Waals surface area contributed by atoms with E-state index in [0.29, 0.717) is 37.4 Å². The van der Waals surface area contributed by atoms with Gasteiger partial charge in [0.25, 0.3) is 5.91 Å². The molecule has 0 unspecified atom stereocenters. The highest BCUT2D eigenvalue weighted by Crippen LogP contribution is 2.32. The molecule has 0 bridgehead atoms. The van der Waals surface area contributed by atoms with Crippen molar-refractivity contribution >= 4 is 33.4 Å². The molecule has 0 atom stereocenters. The lowest BCUT2D eigenvalue weighted by molar-refractivity contribution is -0.116. The zero-order valence-corrected chi connectivity index (χ0v) is 22.0. The molecule has 1 aliphatic heterocycles. The van der Waals surface area contributed by atoms with Crippen LogP contribution in [-0.2, 0) is 11.2 Å². The molecular formula is C28H29BrFN3O3. The van der Waals surface area contributed by atoms with Crippen LogP contribution in [0.2, 0.25) is 0 Å². The first kappa shape index (κ1) is 25.8. The Balaban J connectivity index is 1.29. The predicted octanol–water partition coefficient (Wildman–Crippen LogP) is 5.89. The van der Waals surface area contributed by atoms with E-state index in [1.807, 2.05) is 43.3 Å². The highest BCUT2D eigenvalue weighted by Gasteiger charge is 2.27. The Labute approximate surface area is 219 Å². The number of anilines is 1. The van der Waals surface area contributed by atoms with Gasteiger partial charge in [0.1, 0.15) is 11.6 Å². The Morgan fingerprint density at radius 3 is 2.53 bits per heavy atom. The summed E-state index contributed by atoms with van der Waals surface area (Å²) in [5.74, 6) is -0.0876. The fraction of sp³-hybridized carbons (Fsp3) is 0.321. The molecule has 1 aromatic heterocycles. The summed E-state index contributed by atoms with van der Waals surface area (Å²) in [7, 11) is 1.43. The van der Waals surface area contributed by atoms with E-state index in [0.717, 1.165) is 29.8 Å². The Morgan fingerprint density at radius 1 is 1.14 bits per heavy atom. The van der Waals surface area contributed by atoms with Gasteiger partial charge in [0.05, 0.1) is 17.1 Å². The first-order valence-corrected chi connectivity index (χ1v) is 12.8. The zero-order chi connectivity index (χ0) is 25.7. The predicted molar refractivity (Wildman–Crippen MR) is 141 cm³/mol. The molecule has 36 heavy (non-hydrogen) atoms. The summed E-state index contributed by atoms with van der Waals surface area (Å²) in [6.45, 7) is 3.15. The van der Waals surface area contributed by atoms with Gasteiger partial charge >= 0.3 is 0 Å². The second kappa shape index (κ2) is 11.6. The lowest BCUT2D eigenvalue weighted by atomic mass is 9.89. The van der Waals surface area contributed by atoms with E-state index in [2.05, 4.69) is 26.2 Å². The average Bonchev–Trinajstić information content (AvgIpc) is 2.89. The SMILES string of the molecule is COc1cc(F)c(Br)cc1C(=O)N1CCC(c2ccc(NC(=O)CCc3ccnc(C)c3)cc2)CC1. The smallest absolute Gasteiger partial charge is 0.257 e. The Bertz CT molecular complexity index is 1240. The number of pyridine rings is 1. The largest absolute Gasteiger partial charge is 0.496 e. The Hall–Kier alpha value is -3.26. The third-order valence-electron chi connectivity index (χ3n) is 6.52. The molecule has 1 aliphatic rings. The highest BCUT2D eigenvalue weighted by atomic mass is 79.9. The van der Waals surface area contributed by atoms with Crippen LogP contribution in [0.3, 0.4) is 0 Å².